The normalized spacial score (nSPS) is 17.4. The molecule has 0 bridgehead atoms. The highest BCUT2D eigenvalue weighted by atomic mass is 35.5. The van der Waals surface area contributed by atoms with E-state index >= 15 is 0 Å². The number of carbonyl (C=O) groups excluding carboxylic acids is 2. The van der Waals surface area contributed by atoms with E-state index in [9.17, 15) is 9.59 Å². The maximum absolute atomic E-state index is 11.8. The summed E-state index contributed by atoms with van der Waals surface area (Å²) in [7, 11) is 0. The third-order valence-electron chi connectivity index (χ3n) is 2.76. The molecule has 0 radical (unpaired) electrons. The van der Waals surface area contributed by atoms with Crippen LogP contribution in [0.25, 0.3) is 0 Å². The quantitative estimate of drug-likeness (QED) is 0.691. The molecule has 0 atom stereocenters. The molecule has 1 heterocycles. The van der Waals surface area contributed by atoms with Crippen molar-refractivity contribution < 1.29 is 19.1 Å². The summed E-state index contributed by atoms with van der Waals surface area (Å²) in [4.78, 5) is 22.9. The Morgan fingerprint density at radius 3 is 2.56 bits per heavy atom. The van der Waals surface area contributed by atoms with Gasteiger partial charge in [-0.05, 0) is 19.8 Å². The third kappa shape index (κ3) is 5.20. The molecule has 18 heavy (non-hydrogen) atoms. The van der Waals surface area contributed by atoms with Crippen LogP contribution in [0, 0.1) is 0 Å². The van der Waals surface area contributed by atoms with Gasteiger partial charge in [-0.2, -0.15) is 0 Å². The van der Waals surface area contributed by atoms with E-state index < -0.39 is 5.54 Å². The van der Waals surface area contributed by atoms with Gasteiger partial charge in [0.1, 0.15) is 0 Å². The van der Waals surface area contributed by atoms with Crippen molar-refractivity contribution >= 4 is 24.3 Å². The molecule has 0 spiro atoms. The fourth-order valence-electron chi connectivity index (χ4n) is 1.65. The number of amides is 1. The average Bonchev–Trinajstić information content (AvgIpc) is 2.30. The van der Waals surface area contributed by atoms with E-state index in [4.69, 9.17) is 15.2 Å². The molecule has 0 aliphatic carbocycles. The molecule has 1 aliphatic rings. The van der Waals surface area contributed by atoms with Gasteiger partial charge in [0.05, 0.1) is 18.6 Å². The first-order valence-corrected chi connectivity index (χ1v) is 5.89. The minimum Gasteiger partial charge on any atom is -0.466 e. The van der Waals surface area contributed by atoms with E-state index in [1.165, 1.54) is 0 Å². The predicted molar refractivity (Wildman–Crippen MR) is 68.5 cm³/mol. The van der Waals surface area contributed by atoms with Gasteiger partial charge >= 0.3 is 5.97 Å². The number of carbonyl (C=O) groups is 2. The topological polar surface area (TPSA) is 90.7 Å². The lowest BCUT2D eigenvalue weighted by atomic mass is 9.90. The maximum Gasteiger partial charge on any atom is 0.307 e. The van der Waals surface area contributed by atoms with Crippen LogP contribution in [0.5, 0.6) is 0 Å². The van der Waals surface area contributed by atoms with Crippen LogP contribution in [-0.4, -0.2) is 43.8 Å². The van der Waals surface area contributed by atoms with Crippen molar-refractivity contribution in [2.45, 2.75) is 31.7 Å². The van der Waals surface area contributed by atoms with E-state index in [2.05, 4.69) is 5.32 Å². The lowest BCUT2D eigenvalue weighted by molar-refractivity contribution is -0.143. The van der Waals surface area contributed by atoms with E-state index in [1.807, 2.05) is 0 Å². The highest BCUT2D eigenvalue weighted by Gasteiger charge is 2.35. The van der Waals surface area contributed by atoms with Crippen molar-refractivity contribution in [2.24, 2.45) is 5.73 Å². The molecule has 7 heteroatoms. The Bertz CT molecular complexity index is 280. The van der Waals surface area contributed by atoms with Crippen LogP contribution in [0.2, 0.25) is 0 Å². The van der Waals surface area contributed by atoms with E-state index in [1.54, 1.807) is 6.92 Å². The van der Waals surface area contributed by atoms with Gasteiger partial charge in [-0.15, -0.1) is 12.4 Å². The van der Waals surface area contributed by atoms with Crippen molar-refractivity contribution in [1.82, 2.24) is 5.32 Å². The molecule has 0 aromatic heterocycles. The number of ether oxygens (including phenoxy) is 2. The molecular weight excluding hydrogens is 260 g/mol. The zero-order valence-corrected chi connectivity index (χ0v) is 11.4. The second kappa shape index (κ2) is 8.29. The predicted octanol–water partition coefficient (Wildman–Crippen LogP) is -0.0145. The lowest BCUT2D eigenvalue weighted by Gasteiger charge is -2.31. The Kier molecular flexibility index (Phi) is 7.90. The van der Waals surface area contributed by atoms with Gasteiger partial charge in [-0.1, -0.05) is 0 Å². The fraction of sp³-hybridized carbons (Fsp3) is 0.818. The van der Waals surface area contributed by atoms with Crippen molar-refractivity contribution in [1.29, 1.82) is 0 Å². The zero-order valence-electron chi connectivity index (χ0n) is 10.6. The zero-order chi connectivity index (χ0) is 12.7. The van der Waals surface area contributed by atoms with Crippen LogP contribution in [0.4, 0.5) is 0 Å². The molecule has 1 saturated heterocycles. The van der Waals surface area contributed by atoms with Crippen molar-refractivity contribution in [3.05, 3.63) is 0 Å². The molecule has 3 N–H and O–H groups in total. The Morgan fingerprint density at radius 2 is 2.00 bits per heavy atom. The fourth-order valence-corrected chi connectivity index (χ4v) is 1.65. The van der Waals surface area contributed by atoms with Crippen molar-refractivity contribution in [3.63, 3.8) is 0 Å². The van der Waals surface area contributed by atoms with Crippen molar-refractivity contribution in [3.8, 4) is 0 Å². The van der Waals surface area contributed by atoms with E-state index in [0.29, 0.717) is 32.7 Å². The first-order valence-electron chi connectivity index (χ1n) is 5.89. The Labute approximate surface area is 113 Å². The first kappa shape index (κ1) is 17.2. The average molecular weight is 281 g/mol. The van der Waals surface area contributed by atoms with Gasteiger partial charge in [0.25, 0.3) is 0 Å². The highest BCUT2D eigenvalue weighted by molar-refractivity contribution is 5.86. The largest absolute Gasteiger partial charge is 0.466 e. The molecular formula is C11H21ClN2O4. The SMILES string of the molecule is CCOC(=O)CCNC(=O)C1(N)CCOCC1.Cl. The highest BCUT2D eigenvalue weighted by Crippen LogP contribution is 2.17. The Morgan fingerprint density at radius 1 is 1.39 bits per heavy atom. The summed E-state index contributed by atoms with van der Waals surface area (Å²) in [6, 6.07) is 0. The standard InChI is InChI=1S/C11H20N2O4.ClH/c1-2-17-9(14)3-6-13-10(15)11(12)4-7-16-8-5-11;/h2-8,12H2,1H3,(H,13,15);1H. The number of nitrogens with one attached hydrogen (secondary N) is 1. The molecule has 1 amide bonds. The summed E-state index contributed by atoms with van der Waals surface area (Å²) in [6.45, 7) is 3.36. The van der Waals surface area contributed by atoms with Crippen LogP contribution in [0.1, 0.15) is 26.2 Å². The smallest absolute Gasteiger partial charge is 0.307 e. The third-order valence-corrected chi connectivity index (χ3v) is 2.76. The van der Waals surface area contributed by atoms with Gasteiger partial charge in [0.2, 0.25) is 5.91 Å². The summed E-state index contributed by atoms with van der Waals surface area (Å²) in [6.07, 6.45) is 1.20. The molecule has 0 aromatic rings. The molecule has 1 rings (SSSR count). The maximum atomic E-state index is 11.8. The van der Waals surface area contributed by atoms with E-state index in [0.717, 1.165) is 0 Å². The monoisotopic (exact) mass is 280 g/mol. The number of hydrogen-bond donors (Lipinski definition) is 2. The van der Waals surface area contributed by atoms with Crippen molar-refractivity contribution in [2.75, 3.05) is 26.4 Å². The molecule has 1 fully saturated rings. The molecule has 0 aromatic carbocycles. The minimum atomic E-state index is -0.854. The number of hydrogen-bond acceptors (Lipinski definition) is 5. The molecule has 6 nitrogen and oxygen atoms in total. The molecule has 106 valence electrons. The summed E-state index contributed by atoms with van der Waals surface area (Å²) >= 11 is 0. The van der Waals surface area contributed by atoms with Crippen LogP contribution in [0.3, 0.4) is 0 Å². The van der Waals surface area contributed by atoms with Gasteiger partial charge in [0.15, 0.2) is 0 Å². The van der Waals surface area contributed by atoms with Crippen LogP contribution in [0.15, 0.2) is 0 Å². The van der Waals surface area contributed by atoms with Crippen LogP contribution >= 0.6 is 12.4 Å². The number of rotatable bonds is 5. The minimum absolute atomic E-state index is 0. The lowest BCUT2D eigenvalue weighted by Crippen LogP contribution is -2.57. The molecule has 1 aliphatic heterocycles. The summed E-state index contributed by atoms with van der Waals surface area (Å²) in [5.41, 5.74) is 5.12. The summed E-state index contributed by atoms with van der Waals surface area (Å²) < 4.78 is 9.91. The van der Waals surface area contributed by atoms with Gasteiger partial charge in [-0.3, -0.25) is 9.59 Å². The van der Waals surface area contributed by atoms with E-state index in [-0.39, 0.29) is 37.2 Å². The summed E-state index contributed by atoms with van der Waals surface area (Å²) in [5.74, 6) is -0.532. The number of nitrogens with two attached hydrogens (primary N) is 1. The summed E-state index contributed by atoms with van der Waals surface area (Å²) in [5, 5.41) is 2.66. The van der Waals surface area contributed by atoms with Gasteiger partial charge in [0, 0.05) is 19.8 Å². The molecule has 0 saturated carbocycles. The molecule has 0 unspecified atom stereocenters. The Balaban J connectivity index is 0.00000289. The van der Waals surface area contributed by atoms with Crippen LogP contribution in [-0.2, 0) is 19.1 Å². The number of halogens is 1. The van der Waals surface area contributed by atoms with Crippen LogP contribution < -0.4 is 11.1 Å². The Hall–Kier alpha value is -0.850. The second-order valence-corrected chi connectivity index (χ2v) is 4.08. The first-order chi connectivity index (χ1) is 8.08. The van der Waals surface area contributed by atoms with Gasteiger partial charge < -0.3 is 20.5 Å². The number of esters is 1. The van der Waals surface area contributed by atoms with Gasteiger partial charge in [-0.25, -0.2) is 0 Å². The second-order valence-electron chi connectivity index (χ2n) is 4.08.